The smallest absolute Gasteiger partial charge is 0.254 e. The zero-order valence-electron chi connectivity index (χ0n) is 8.53. The molecule has 0 aromatic heterocycles. The number of hydrogen-bond donors (Lipinski definition) is 0. The van der Waals surface area contributed by atoms with E-state index in [4.69, 9.17) is 0 Å². The molecule has 1 atom stereocenters. The molecule has 2 rings (SSSR count). The van der Waals surface area contributed by atoms with E-state index in [1.54, 1.807) is 0 Å². The summed E-state index contributed by atoms with van der Waals surface area (Å²) in [6.07, 6.45) is 3.50. The Labute approximate surface area is 104 Å². The van der Waals surface area contributed by atoms with Crippen LogP contribution in [0.4, 0.5) is 0 Å². The van der Waals surface area contributed by atoms with E-state index in [0.29, 0.717) is 4.05 Å². The summed E-state index contributed by atoms with van der Waals surface area (Å²) in [5.74, 6) is 0.176. The summed E-state index contributed by atoms with van der Waals surface area (Å²) in [7, 11) is 0. The van der Waals surface area contributed by atoms with Gasteiger partial charge in [-0.3, -0.25) is 4.79 Å². The van der Waals surface area contributed by atoms with Gasteiger partial charge in [-0.05, 0) is 31.4 Å². The van der Waals surface area contributed by atoms with E-state index in [2.05, 4.69) is 22.6 Å². The second kappa shape index (κ2) is 4.96. The van der Waals surface area contributed by atoms with Gasteiger partial charge >= 0.3 is 0 Å². The van der Waals surface area contributed by atoms with Crippen molar-refractivity contribution in [2.24, 2.45) is 0 Å². The van der Waals surface area contributed by atoms with Crippen LogP contribution in [-0.4, -0.2) is 21.4 Å². The Hall–Kier alpha value is -0.580. The van der Waals surface area contributed by atoms with Crippen molar-refractivity contribution in [2.45, 2.75) is 23.3 Å². The van der Waals surface area contributed by atoms with Crippen LogP contribution in [0.5, 0.6) is 0 Å². The van der Waals surface area contributed by atoms with Gasteiger partial charge in [0.05, 0.1) is 4.05 Å². The Morgan fingerprint density at radius 3 is 2.67 bits per heavy atom. The van der Waals surface area contributed by atoms with Crippen LogP contribution in [0.1, 0.15) is 29.6 Å². The van der Waals surface area contributed by atoms with Crippen LogP contribution in [0.3, 0.4) is 0 Å². The van der Waals surface area contributed by atoms with Gasteiger partial charge in [0.25, 0.3) is 5.91 Å². The van der Waals surface area contributed by atoms with Crippen molar-refractivity contribution >= 4 is 28.5 Å². The fourth-order valence-corrected chi connectivity index (χ4v) is 2.84. The monoisotopic (exact) mass is 315 g/mol. The van der Waals surface area contributed by atoms with E-state index in [1.165, 1.54) is 6.42 Å². The van der Waals surface area contributed by atoms with Gasteiger partial charge in [0.15, 0.2) is 0 Å². The Morgan fingerprint density at radius 2 is 2.00 bits per heavy atom. The third kappa shape index (κ3) is 2.51. The number of benzene rings is 1. The second-order valence-corrected chi connectivity index (χ2v) is 5.23. The first-order valence-electron chi connectivity index (χ1n) is 5.29. The highest BCUT2D eigenvalue weighted by Gasteiger charge is 2.24. The van der Waals surface area contributed by atoms with E-state index in [0.717, 1.165) is 24.9 Å². The third-order valence-electron chi connectivity index (χ3n) is 2.71. The van der Waals surface area contributed by atoms with Crippen molar-refractivity contribution in [1.82, 2.24) is 4.90 Å². The zero-order valence-corrected chi connectivity index (χ0v) is 10.7. The predicted molar refractivity (Wildman–Crippen MR) is 69.1 cm³/mol. The minimum atomic E-state index is 0.176. The van der Waals surface area contributed by atoms with Crippen LogP contribution in [0.25, 0.3) is 0 Å². The molecule has 80 valence electrons. The van der Waals surface area contributed by atoms with Crippen molar-refractivity contribution in [1.29, 1.82) is 0 Å². The number of carbonyl (C=O) groups excluding carboxylic acids is 1. The zero-order chi connectivity index (χ0) is 10.7. The van der Waals surface area contributed by atoms with Crippen LogP contribution < -0.4 is 0 Å². The molecule has 15 heavy (non-hydrogen) atoms. The molecule has 0 bridgehead atoms. The summed E-state index contributed by atoms with van der Waals surface area (Å²) in [5, 5.41) is 0. The molecule has 3 heteroatoms. The molecule has 1 aliphatic rings. The largest absolute Gasteiger partial charge is 0.327 e. The van der Waals surface area contributed by atoms with E-state index in [-0.39, 0.29) is 5.91 Å². The Balaban J connectivity index is 2.13. The summed E-state index contributed by atoms with van der Waals surface area (Å²) in [6.45, 7) is 0.904. The average molecular weight is 315 g/mol. The minimum absolute atomic E-state index is 0.176. The van der Waals surface area contributed by atoms with Crippen molar-refractivity contribution in [3.8, 4) is 0 Å². The minimum Gasteiger partial charge on any atom is -0.327 e. The normalized spacial score (nSPS) is 21.4. The summed E-state index contributed by atoms with van der Waals surface area (Å²) in [6, 6.07) is 9.55. The van der Waals surface area contributed by atoms with Gasteiger partial charge in [-0.2, -0.15) is 0 Å². The topological polar surface area (TPSA) is 20.3 Å². The molecule has 1 aliphatic heterocycles. The molecule has 0 spiro atoms. The predicted octanol–water partition coefficient (Wildman–Crippen LogP) is 3.07. The molecule has 0 radical (unpaired) electrons. The van der Waals surface area contributed by atoms with Gasteiger partial charge in [-0.1, -0.05) is 40.8 Å². The lowest BCUT2D eigenvalue weighted by molar-refractivity contribution is 0.0710. The molecule has 0 saturated carbocycles. The fourth-order valence-electron chi connectivity index (χ4n) is 1.87. The Morgan fingerprint density at radius 1 is 1.27 bits per heavy atom. The summed E-state index contributed by atoms with van der Waals surface area (Å²) in [4.78, 5) is 14.1. The number of hydrogen-bond acceptors (Lipinski definition) is 1. The molecule has 1 aromatic rings. The number of nitrogens with zero attached hydrogens (tertiary/aromatic N) is 1. The molecular formula is C12H14INO. The van der Waals surface area contributed by atoms with E-state index < -0.39 is 0 Å². The number of likely N-dealkylation sites (tertiary alicyclic amines) is 1. The SMILES string of the molecule is O=C(c1ccccc1)N1CCCCC1I. The van der Waals surface area contributed by atoms with Crippen LogP contribution >= 0.6 is 22.6 Å². The highest BCUT2D eigenvalue weighted by molar-refractivity contribution is 14.1. The fraction of sp³-hybridized carbons (Fsp3) is 0.417. The maximum atomic E-state index is 12.1. The first-order chi connectivity index (χ1) is 7.29. The van der Waals surface area contributed by atoms with Crippen molar-refractivity contribution < 1.29 is 4.79 Å². The molecule has 0 aliphatic carbocycles. The molecule has 2 nitrogen and oxygen atoms in total. The van der Waals surface area contributed by atoms with Crippen LogP contribution in [-0.2, 0) is 0 Å². The maximum absolute atomic E-state index is 12.1. The van der Waals surface area contributed by atoms with Gasteiger partial charge in [0, 0.05) is 12.1 Å². The highest BCUT2D eigenvalue weighted by atomic mass is 127. The summed E-state index contributed by atoms with van der Waals surface area (Å²) < 4.78 is 0.365. The van der Waals surface area contributed by atoms with Crippen LogP contribution in [0.2, 0.25) is 0 Å². The lowest BCUT2D eigenvalue weighted by Gasteiger charge is -2.32. The first kappa shape index (κ1) is 10.9. The van der Waals surface area contributed by atoms with E-state index >= 15 is 0 Å². The molecule has 1 saturated heterocycles. The summed E-state index contributed by atoms with van der Waals surface area (Å²) >= 11 is 2.37. The number of rotatable bonds is 1. The number of halogens is 1. The highest BCUT2D eigenvalue weighted by Crippen LogP contribution is 2.23. The second-order valence-electron chi connectivity index (χ2n) is 3.79. The molecule has 1 fully saturated rings. The van der Waals surface area contributed by atoms with Crippen LogP contribution in [0.15, 0.2) is 30.3 Å². The number of alkyl halides is 1. The number of carbonyl (C=O) groups is 1. The molecule has 0 N–H and O–H groups in total. The van der Waals surface area contributed by atoms with Gasteiger partial charge in [-0.25, -0.2) is 0 Å². The van der Waals surface area contributed by atoms with Crippen molar-refractivity contribution in [3.05, 3.63) is 35.9 Å². The maximum Gasteiger partial charge on any atom is 0.254 e. The standard InChI is InChI=1S/C12H14INO/c13-11-8-4-5-9-14(11)12(15)10-6-2-1-3-7-10/h1-3,6-7,11H,4-5,8-9H2. The molecule has 1 amide bonds. The number of piperidine rings is 1. The molecule has 1 unspecified atom stereocenters. The molecule has 1 heterocycles. The first-order valence-corrected chi connectivity index (χ1v) is 6.53. The van der Waals surface area contributed by atoms with Gasteiger partial charge in [0.1, 0.15) is 0 Å². The van der Waals surface area contributed by atoms with Crippen molar-refractivity contribution in [3.63, 3.8) is 0 Å². The third-order valence-corrected chi connectivity index (χ3v) is 4.01. The quantitative estimate of drug-likeness (QED) is 0.443. The lowest BCUT2D eigenvalue weighted by Crippen LogP contribution is -2.40. The molecular weight excluding hydrogens is 301 g/mol. The van der Waals surface area contributed by atoms with Crippen LogP contribution in [0, 0.1) is 0 Å². The average Bonchev–Trinajstić information content (AvgIpc) is 2.30. The lowest BCUT2D eigenvalue weighted by atomic mass is 10.1. The Bertz CT molecular complexity index is 339. The number of amides is 1. The van der Waals surface area contributed by atoms with E-state index in [1.807, 2.05) is 35.2 Å². The molecule has 1 aromatic carbocycles. The van der Waals surface area contributed by atoms with Gasteiger partial charge in [-0.15, -0.1) is 0 Å². The Kier molecular flexibility index (Phi) is 3.61. The van der Waals surface area contributed by atoms with Gasteiger partial charge < -0.3 is 4.90 Å². The van der Waals surface area contributed by atoms with Crippen molar-refractivity contribution in [2.75, 3.05) is 6.54 Å². The summed E-state index contributed by atoms with van der Waals surface area (Å²) in [5.41, 5.74) is 0.807. The van der Waals surface area contributed by atoms with Gasteiger partial charge in [0.2, 0.25) is 0 Å². The van der Waals surface area contributed by atoms with E-state index in [9.17, 15) is 4.79 Å².